The predicted molar refractivity (Wildman–Crippen MR) is 225 cm³/mol. The van der Waals surface area contributed by atoms with Gasteiger partial charge in [0, 0.05) is 10.8 Å². The molecular formula is C52H32O. The van der Waals surface area contributed by atoms with Gasteiger partial charge in [0.15, 0.2) is 0 Å². The highest BCUT2D eigenvalue weighted by atomic mass is 16.3. The quantitative estimate of drug-likeness (QED) is 0.170. The lowest BCUT2D eigenvalue weighted by Crippen LogP contribution is -1.92. The normalized spacial score (nSPS) is 11.8. The van der Waals surface area contributed by atoms with Crippen molar-refractivity contribution in [1.29, 1.82) is 0 Å². The molecule has 53 heavy (non-hydrogen) atoms. The molecule has 0 N–H and O–H groups in total. The Balaban J connectivity index is 1.08. The first kappa shape index (κ1) is 29.7. The van der Waals surface area contributed by atoms with Gasteiger partial charge < -0.3 is 4.42 Å². The van der Waals surface area contributed by atoms with Crippen LogP contribution < -0.4 is 0 Å². The van der Waals surface area contributed by atoms with Crippen LogP contribution in [-0.4, -0.2) is 0 Å². The summed E-state index contributed by atoms with van der Waals surface area (Å²) in [6.07, 6.45) is 0. The van der Waals surface area contributed by atoms with Gasteiger partial charge >= 0.3 is 0 Å². The minimum Gasteiger partial charge on any atom is -0.456 e. The molecule has 0 unspecified atom stereocenters. The van der Waals surface area contributed by atoms with Crippen molar-refractivity contribution < 1.29 is 4.42 Å². The number of hydrogen-bond donors (Lipinski definition) is 0. The standard InChI is InChI=1S/C52H32O/c1-2-12-34-29-37(24-23-33(34)11-1)35-13-9-14-36(30-35)38-25-27-41-39(31-38)15-10-21-43(41)52-46-19-5-3-17-44(46)51(45-18-4-6-20-47(45)52)40-26-28-50-48(32-40)42-16-7-8-22-49(42)53-50/h1-32H. The summed E-state index contributed by atoms with van der Waals surface area (Å²) in [6.45, 7) is 0. The first-order chi connectivity index (χ1) is 26.3. The van der Waals surface area contributed by atoms with Gasteiger partial charge in [-0.1, -0.05) is 158 Å². The third kappa shape index (κ3) is 4.79. The van der Waals surface area contributed by atoms with Gasteiger partial charge in [0.05, 0.1) is 0 Å². The second kappa shape index (κ2) is 11.8. The van der Waals surface area contributed by atoms with Gasteiger partial charge in [-0.25, -0.2) is 0 Å². The van der Waals surface area contributed by atoms with Crippen molar-refractivity contribution in [2.75, 3.05) is 0 Å². The van der Waals surface area contributed by atoms with Crippen molar-refractivity contribution in [3.8, 4) is 44.5 Å². The van der Waals surface area contributed by atoms with Crippen molar-refractivity contribution in [2.45, 2.75) is 0 Å². The maximum atomic E-state index is 6.21. The molecule has 0 spiro atoms. The molecule has 1 nitrogen and oxygen atoms in total. The summed E-state index contributed by atoms with van der Waals surface area (Å²) in [5, 5.41) is 12.3. The second-order valence-electron chi connectivity index (χ2n) is 14.0. The second-order valence-corrected chi connectivity index (χ2v) is 14.0. The average Bonchev–Trinajstić information content (AvgIpc) is 3.60. The Morgan fingerprint density at radius 2 is 0.774 bits per heavy atom. The van der Waals surface area contributed by atoms with Crippen LogP contribution in [0.2, 0.25) is 0 Å². The van der Waals surface area contributed by atoms with E-state index < -0.39 is 0 Å². The number of para-hydroxylation sites is 1. The minimum absolute atomic E-state index is 0.913. The molecule has 1 aromatic heterocycles. The van der Waals surface area contributed by atoms with Crippen LogP contribution in [0.1, 0.15) is 0 Å². The number of hydrogen-bond acceptors (Lipinski definition) is 1. The molecule has 246 valence electrons. The molecule has 0 fully saturated rings. The summed E-state index contributed by atoms with van der Waals surface area (Å²) >= 11 is 0. The maximum absolute atomic E-state index is 6.21. The molecule has 0 aliphatic carbocycles. The van der Waals surface area contributed by atoms with Gasteiger partial charge in [-0.3, -0.25) is 0 Å². The van der Waals surface area contributed by atoms with Crippen LogP contribution in [0.4, 0.5) is 0 Å². The van der Waals surface area contributed by atoms with Crippen LogP contribution in [0.3, 0.4) is 0 Å². The highest BCUT2D eigenvalue weighted by molar-refractivity contribution is 6.24. The van der Waals surface area contributed by atoms with Crippen LogP contribution in [0.25, 0.3) is 110 Å². The monoisotopic (exact) mass is 672 g/mol. The zero-order valence-electron chi connectivity index (χ0n) is 28.9. The fourth-order valence-corrected chi connectivity index (χ4v) is 8.54. The molecule has 0 saturated heterocycles. The first-order valence-electron chi connectivity index (χ1n) is 18.2. The summed E-state index contributed by atoms with van der Waals surface area (Å²) in [7, 11) is 0. The Morgan fingerprint density at radius 1 is 0.245 bits per heavy atom. The molecule has 10 aromatic carbocycles. The third-order valence-electron chi connectivity index (χ3n) is 11.0. The van der Waals surface area contributed by atoms with Crippen LogP contribution in [0.15, 0.2) is 199 Å². The van der Waals surface area contributed by atoms with E-state index in [1.165, 1.54) is 87.6 Å². The largest absolute Gasteiger partial charge is 0.456 e. The summed E-state index contributed by atoms with van der Waals surface area (Å²) in [5.41, 5.74) is 11.7. The summed E-state index contributed by atoms with van der Waals surface area (Å²) in [4.78, 5) is 0. The van der Waals surface area contributed by atoms with Crippen molar-refractivity contribution >= 4 is 65.0 Å². The van der Waals surface area contributed by atoms with Gasteiger partial charge in [0.1, 0.15) is 11.2 Å². The predicted octanol–water partition coefficient (Wildman–Crippen LogP) is 14.9. The maximum Gasteiger partial charge on any atom is 0.135 e. The topological polar surface area (TPSA) is 13.1 Å². The van der Waals surface area contributed by atoms with Crippen LogP contribution in [-0.2, 0) is 0 Å². The first-order valence-corrected chi connectivity index (χ1v) is 18.2. The fourth-order valence-electron chi connectivity index (χ4n) is 8.54. The van der Waals surface area contributed by atoms with Crippen LogP contribution >= 0.6 is 0 Å². The van der Waals surface area contributed by atoms with E-state index in [0.717, 1.165) is 21.9 Å². The summed E-state index contributed by atoms with van der Waals surface area (Å²) < 4.78 is 6.21. The molecule has 11 rings (SSSR count). The average molecular weight is 673 g/mol. The van der Waals surface area contributed by atoms with Crippen LogP contribution in [0, 0.1) is 0 Å². The Labute approximate surface area is 307 Å². The van der Waals surface area contributed by atoms with E-state index in [2.05, 4.69) is 182 Å². The number of rotatable bonds is 4. The van der Waals surface area contributed by atoms with E-state index in [0.29, 0.717) is 0 Å². The fraction of sp³-hybridized carbons (Fsp3) is 0. The molecule has 0 atom stereocenters. The van der Waals surface area contributed by atoms with E-state index in [1.54, 1.807) is 0 Å². The highest BCUT2D eigenvalue weighted by Gasteiger charge is 2.19. The van der Waals surface area contributed by atoms with Gasteiger partial charge in [-0.05, 0) is 124 Å². The zero-order valence-corrected chi connectivity index (χ0v) is 28.9. The molecule has 11 aromatic rings. The lowest BCUT2D eigenvalue weighted by molar-refractivity contribution is 0.669. The number of fused-ring (bicyclic) bond motifs is 7. The lowest BCUT2D eigenvalue weighted by atomic mass is 9.84. The molecule has 0 saturated carbocycles. The van der Waals surface area contributed by atoms with Crippen LogP contribution in [0.5, 0.6) is 0 Å². The van der Waals surface area contributed by atoms with E-state index >= 15 is 0 Å². The molecule has 1 heterocycles. The van der Waals surface area contributed by atoms with Crippen molar-refractivity contribution in [2.24, 2.45) is 0 Å². The molecule has 1 heteroatoms. The Bertz CT molecular complexity index is 3180. The Hall–Kier alpha value is -6.96. The Morgan fingerprint density at radius 3 is 1.53 bits per heavy atom. The van der Waals surface area contributed by atoms with E-state index in [9.17, 15) is 0 Å². The van der Waals surface area contributed by atoms with E-state index in [1.807, 2.05) is 12.1 Å². The minimum atomic E-state index is 0.913. The number of benzene rings is 10. The van der Waals surface area contributed by atoms with Gasteiger partial charge in [-0.15, -0.1) is 0 Å². The van der Waals surface area contributed by atoms with Gasteiger partial charge in [-0.2, -0.15) is 0 Å². The highest BCUT2D eigenvalue weighted by Crippen LogP contribution is 2.46. The molecule has 0 radical (unpaired) electrons. The molecule has 0 amide bonds. The van der Waals surface area contributed by atoms with Crippen molar-refractivity contribution in [3.05, 3.63) is 194 Å². The molecule has 0 bridgehead atoms. The van der Waals surface area contributed by atoms with E-state index in [-0.39, 0.29) is 0 Å². The Kier molecular flexibility index (Phi) is 6.62. The summed E-state index contributed by atoms with van der Waals surface area (Å²) in [5.74, 6) is 0. The SMILES string of the molecule is c1cc(-c2ccc3ccccc3c2)cc(-c2ccc3c(-c4c5ccccc5c(-c5ccc6oc7ccccc7c6c5)c5ccccc45)cccc3c2)c1. The van der Waals surface area contributed by atoms with Crippen molar-refractivity contribution in [1.82, 2.24) is 0 Å². The number of furan rings is 1. The molecule has 0 aliphatic rings. The smallest absolute Gasteiger partial charge is 0.135 e. The third-order valence-corrected chi connectivity index (χ3v) is 11.0. The zero-order chi connectivity index (χ0) is 34.9. The summed E-state index contributed by atoms with van der Waals surface area (Å²) in [6, 6.07) is 70.7. The molecular weight excluding hydrogens is 641 g/mol. The van der Waals surface area contributed by atoms with Crippen molar-refractivity contribution in [3.63, 3.8) is 0 Å². The lowest BCUT2D eigenvalue weighted by Gasteiger charge is -2.19. The van der Waals surface area contributed by atoms with Gasteiger partial charge in [0.2, 0.25) is 0 Å². The van der Waals surface area contributed by atoms with E-state index in [4.69, 9.17) is 4.42 Å². The molecule has 0 aliphatic heterocycles. The van der Waals surface area contributed by atoms with Gasteiger partial charge in [0.25, 0.3) is 0 Å².